The van der Waals surface area contributed by atoms with Crippen LogP contribution in [-0.2, 0) is 17.0 Å². The zero-order valence-electron chi connectivity index (χ0n) is 14.6. The molecule has 4 rings (SSSR count). The van der Waals surface area contributed by atoms with Gasteiger partial charge in [0.15, 0.2) is 0 Å². The Labute approximate surface area is 168 Å². The van der Waals surface area contributed by atoms with E-state index in [9.17, 15) is 0 Å². The molecule has 0 nitrogen and oxygen atoms in total. The SMILES string of the molecule is CP(C)c1cc2ccccc2[cH-]1.Cc1cc2ccccc2[cH-]1.[Cl][Ti][Cl]. The van der Waals surface area contributed by atoms with E-state index < -0.39 is 17.0 Å². The zero-order chi connectivity index (χ0) is 18.2. The van der Waals surface area contributed by atoms with Crippen LogP contribution in [0.3, 0.4) is 0 Å². The van der Waals surface area contributed by atoms with Crippen molar-refractivity contribution < 1.29 is 17.0 Å². The number of hydrogen-bond donors (Lipinski definition) is 0. The Morgan fingerprint density at radius 3 is 1.76 bits per heavy atom. The average Bonchev–Trinajstić information content (AvgIpc) is 3.18. The molecule has 0 aliphatic rings. The van der Waals surface area contributed by atoms with Gasteiger partial charge in [-0.2, -0.15) is 12.1 Å². The number of benzene rings is 2. The van der Waals surface area contributed by atoms with E-state index in [2.05, 4.69) is 93.0 Å². The summed E-state index contributed by atoms with van der Waals surface area (Å²) in [5, 5.41) is 6.96. The molecule has 0 aliphatic carbocycles. The third-order valence-corrected chi connectivity index (χ3v) is 5.17. The Hall–Kier alpha value is -0.616. The molecule has 0 unspecified atom stereocenters. The van der Waals surface area contributed by atoms with Gasteiger partial charge in [-0.25, -0.2) is 0 Å². The Kier molecular flexibility index (Phi) is 8.70. The number of fused-ring (bicyclic) bond motifs is 2. The molecule has 0 saturated heterocycles. The van der Waals surface area contributed by atoms with Crippen molar-refractivity contribution >= 4 is 53.4 Å². The predicted octanol–water partition coefficient (Wildman–Crippen LogP) is 7.17. The van der Waals surface area contributed by atoms with Crippen molar-refractivity contribution in [2.75, 3.05) is 13.3 Å². The maximum absolute atomic E-state index is 4.89. The predicted molar refractivity (Wildman–Crippen MR) is 114 cm³/mol. The second-order valence-corrected chi connectivity index (χ2v) is 10.9. The van der Waals surface area contributed by atoms with E-state index in [0.29, 0.717) is 0 Å². The van der Waals surface area contributed by atoms with Crippen LogP contribution in [0.25, 0.3) is 21.5 Å². The molecule has 0 spiro atoms. The fourth-order valence-electron chi connectivity index (χ4n) is 2.70. The van der Waals surface area contributed by atoms with E-state index in [-0.39, 0.29) is 7.92 Å². The molecule has 0 aromatic heterocycles. The summed E-state index contributed by atoms with van der Waals surface area (Å²) in [5.41, 5.74) is 1.35. The molecule has 0 fully saturated rings. The first-order chi connectivity index (χ1) is 12.0. The molecule has 130 valence electrons. The number of hydrogen-bond acceptors (Lipinski definition) is 0. The molecule has 0 amide bonds. The summed E-state index contributed by atoms with van der Waals surface area (Å²) in [6.07, 6.45) is 0. The Balaban J connectivity index is 0.000000158. The Bertz CT molecular complexity index is 842. The van der Waals surface area contributed by atoms with E-state index in [4.69, 9.17) is 18.6 Å². The van der Waals surface area contributed by atoms with Crippen LogP contribution in [0.5, 0.6) is 0 Å². The number of rotatable bonds is 1. The first kappa shape index (κ1) is 20.7. The molecule has 0 atom stereocenters. The molecule has 0 bridgehead atoms. The minimum atomic E-state index is -0.556. The number of aryl methyl sites for hydroxylation is 1. The van der Waals surface area contributed by atoms with Crippen molar-refractivity contribution in [1.29, 1.82) is 0 Å². The molecule has 4 aromatic rings. The van der Waals surface area contributed by atoms with Gasteiger partial charge >= 0.3 is 35.6 Å². The average molecular weight is 423 g/mol. The van der Waals surface area contributed by atoms with Gasteiger partial charge < -0.3 is 0 Å². The standard InChI is InChI=1S/C11H12P.C10H9.2ClH.Ti/c1-12(2)11-7-9-5-3-4-6-10(9)8-11;1-8-6-9-4-2-3-5-10(9)7-8;;;/h3-8H,1-2H3;2-7H,1H3;2*1H;/q2*-1;;;+2/p-2. The summed E-state index contributed by atoms with van der Waals surface area (Å²) < 4.78 is 0. The van der Waals surface area contributed by atoms with Crippen LogP contribution in [0, 0.1) is 6.92 Å². The molecular formula is C21H21Cl2PTi-2. The van der Waals surface area contributed by atoms with Crippen molar-refractivity contribution in [3.05, 3.63) is 78.4 Å². The minimum absolute atomic E-state index is 0.0576. The fourth-order valence-corrected chi connectivity index (χ4v) is 3.49. The van der Waals surface area contributed by atoms with E-state index in [0.717, 1.165) is 0 Å². The van der Waals surface area contributed by atoms with Crippen LogP contribution in [0.1, 0.15) is 5.56 Å². The topological polar surface area (TPSA) is 0 Å². The van der Waals surface area contributed by atoms with Gasteiger partial charge in [-0.1, -0.05) is 19.1 Å². The molecule has 25 heavy (non-hydrogen) atoms. The Morgan fingerprint density at radius 1 is 0.800 bits per heavy atom. The van der Waals surface area contributed by atoms with Crippen LogP contribution in [0.2, 0.25) is 0 Å². The zero-order valence-corrected chi connectivity index (χ0v) is 18.6. The molecule has 4 heteroatoms. The van der Waals surface area contributed by atoms with Crippen LogP contribution in [0.15, 0.2) is 72.8 Å². The van der Waals surface area contributed by atoms with Gasteiger partial charge in [0.05, 0.1) is 0 Å². The van der Waals surface area contributed by atoms with Gasteiger partial charge in [-0.05, 0) is 13.3 Å². The summed E-state index contributed by atoms with van der Waals surface area (Å²) in [7, 11) is 9.84. The van der Waals surface area contributed by atoms with Crippen molar-refractivity contribution in [2.24, 2.45) is 0 Å². The number of halogens is 2. The second kappa shape index (κ2) is 10.5. The Morgan fingerprint density at radius 2 is 1.28 bits per heavy atom. The van der Waals surface area contributed by atoms with Gasteiger partial charge in [0.2, 0.25) is 0 Å². The van der Waals surface area contributed by atoms with Crippen LogP contribution in [0.4, 0.5) is 0 Å². The second-order valence-electron chi connectivity index (χ2n) is 5.97. The molecule has 0 heterocycles. The monoisotopic (exact) mass is 422 g/mol. The van der Waals surface area contributed by atoms with Crippen LogP contribution < -0.4 is 5.30 Å². The summed E-state index contributed by atoms with van der Waals surface area (Å²) in [4.78, 5) is 0. The third kappa shape index (κ3) is 6.24. The van der Waals surface area contributed by atoms with Crippen LogP contribution >= 0.6 is 26.5 Å². The maximum atomic E-state index is 4.89. The van der Waals surface area contributed by atoms with Crippen molar-refractivity contribution in [3.63, 3.8) is 0 Å². The van der Waals surface area contributed by atoms with Crippen molar-refractivity contribution in [2.45, 2.75) is 6.92 Å². The summed E-state index contributed by atoms with van der Waals surface area (Å²) >= 11 is -0.556. The van der Waals surface area contributed by atoms with Crippen molar-refractivity contribution in [1.82, 2.24) is 0 Å². The molecule has 0 aliphatic heterocycles. The summed E-state index contributed by atoms with van der Waals surface area (Å²) in [6, 6.07) is 26.0. The first-order valence-electron chi connectivity index (χ1n) is 7.96. The van der Waals surface area contributed by atoms with Gasteiger partial charge in [0.25, 0.3) is 0 Å². The van der Waals surface area contributed by atoms with E-state index in [1.807, 2.05) is 0 Å². The van der Waals surface area contributed by atoms with E-state index in [1.165, 1.54) is 32.4 Å². The fraction of sp³-hybridized carbons (Fsp3) is 0.143. The van der Waals surface area contributed by atoms with Crippen molar-refractivity contribution in [3.8, 4) is 0 Å². The normalized spacial score (nSPS) is 10.2. The van der Waals surface area contributed by atoms with E-state index in [1.54, 1.807) is 0 Å². The molecule has 0 N–H and O–H groups in total. The third-order valence-electron chi connectivity index (χ3n) is 3.88. The summed E-state index contributed by atoms with van der Waals surface area (Å²) in [5.74, 6) is 0. The van der Waals surface area contributed by atoms with Crippen LogP contribution in [-0.4, -0.2) is 13.3 Å². The summed E-state index contributed by atoms with van der Waals surface area (Å²) in [6.45, 7) is 6.72. The van der Waals surface area contributed by atoms with Gasteiger partial charge in [0, 0.05) is 0 Å². The first-order valence-corrected chi connectivity index (χ1v) is 14.5. The molecule has 0 radical (unpaired) electrons. The van der Waals surface area contributed by atoms with Gasteiger partial charge in [-0.3, -0.25) is 0 Å². The molecular weight excluding hydrogens is 402 g/mol. The molecule has 0 saturated carbocycles. The van der Waals surface area contributed by atoms with Gasteiger partial charge in [0.1, 0.15) is 0 Å². The van der Waals surface area contributed by atoms with E-state index >= 15 is 0 Å². The molecule has 4 aromatic carbocycles. The quantitative estimate of drug-likeness (QED) is 0.173. The van der Waals surface area contributed by atoms with Gasteiger partial charge in [-0.15, -0.1) is 88.9 Å².